The Hall–Kier alpha value is 0.0400. The molecule has 8 atom stereocenters. The van der Waals surface area contributed by atoms with Gasteiger partial charge in [-0.15, -0.1) is 0 Å². The lowest BCUT2D eigenvalue weighted by Crippen LogP contribution is -2.49. The van der Waals surface area contributed by atoms with E-state index in [1.165, 1.54) is 0 Å². The Kier molecular flexibility index (Phi) is 4.87. The second-order valence-corrected chi connectivity index (χ2v) is 11.1. The van der Waals surface area contributed by atoms with Gasteiger partial charge in [-0.25, -0.2) is 4.39 Å². The summed E-state index contributed by atoms with van der Waals surface area (Å²) in [6.07, 6.45) is 8.66. The SMILES string of the molecule is C[C@@]1(O)CC[C@@]2(F)C[C@@H](CC[C@@H]3[C@@H]2CC[C@]2(C)[C@@H](C(=O)CBr)CC[C@@H]32)C1. The summed E-state index contributed by atoms with van der Waals surface area (Å²) >= 11 is 3.38. The molecule has 0 amide bonds. The number of aliphatic hydroxyl groups is 1. The molecule has 0 spiro atoms. The smallest absolute Gasteiger partial charge is 0.147 e. The third-order valence-electron chi connectivity index (χ3n) is 8.97. The van der Waals surface area contributed by atoms with Gasteiger partial charge in [-0.1, -0.05) is 22.9 Å². The van der Waals surface area contributed by atoms with Crippen LogP contribution < -0.4 is 0 Å². The van der Waals surface area contributed by atoms with Gasteiger partial charge in [0.25, 0.3) is 0 Å². The van der Waals surface area contributed by atoms with Gasteiger partial charge in [0.2, 0.25) is 0 Å². The topological polar surface area (TPSA) is 37.3 Å². The fourth-order valence-corrected chi connectivity index (χ4v) is 8.17. The van der Waals surface area contributed by atoms with E-state index in [4.69, 9.17) is 0 Å². The molecule has 4 aliphatic carbocycles. The molecule has 0 radical (unpaired) electrons. The minimum Gasteiger partial charge on any atom is -0.390 e. The summed E-state index contributed by atoms with van der Waals surface area (Å²) in [5, 5.41) is 11.1. The average molecular weight is 429 g/mol. The Balaban J connectivity index is 1.63. The van der Waals surface area contributed by atoms with E-state index in [0.717, 1.165) is 44.9 Å². The van der Waals surface area contributed by atoms with Gasteiger partial charge in [-0.05, 0) is 100 Å². The number of rotatable bonds is 2. The predicted octanol–water partition coefficient (Wildman–Crippen LogP) is 5.45. The number of carbonyl (C=O) groups is 1. The van der Waals surface area contributed by atoms with Gasteiger partial charge in [0.15, 0.2) is 0 Å². The number of ketones is 1. The molecule has 148 valence electrons. The van der Waals surface area contributed by atoms with Crippen LogP contribution in [0.15, 0.2) is 0 Å². The number of fused-ring (bicyclic) bond motifs is 6. The van der Waals surface area contributed by atoms with E-state index in [-0.39, 0.29) is 17.3 Å². The molecule has 0 aromatic heterocycles. The van der Waals surface area contributed by atoms with Crippen molar-refractivity contribution in [2.24, 2.45) is 35.0 Å². The van der Waals surface area contributed by atoms with Crippen molar-refractivity contribution >= 4 is 21.7 Å². The average Bonchev–Trinajstić information content (AvgIpc) is 2.80. The minimum absolute atomic E-state index is 0.0718. The molecule has 0 aliphatic heterocycles. The van der Waals surface area contributed by atoms with Gasteiger partial charge >= 0.3 is 0 Å². The molecule has 4 rings (SSSR count). The first kappa shape index (κ1) is 19.4. The molecule has 0 aromatic carbocycles. The third kappa shape index (κ3) is 3.02. The van der Waals surface area contributed by atoms with E-state index in [9.17, 15) is 9.90 Å². The first-order valence-corrected chi connectivity index (χ1v) is 11.8. The van der Waals surface area contributed by atoms with Gasteiger partial charge in [-0.2, -0.15) is 0 Å². The van der Waals surface area contributed by atoms with Crippen molar-refractivity contribution in [3.8, 4) is 0 Å². The highest BCUT2D eigenvalue weighted by Gasteiger charge is 2.60. The molecule has 4 fully saturated rings. The van der Waals surface area contributed by atoms with Crippen LogP contribution in [0.3, 0.4) is 0 Å². The highest BCUT2D eigenvalue weighted by Crippen LogP contribution is 2.64. The number of hydrogen-bond acceptors (Lipinski definition) is 2. The highest BCUT2D eigenvalue weighted by molar-refractivity contribution is 9.09. The zero-order valence-corrected chi connectivity index (χ0v) is 17.9. The standard InChI is InChI=1S/C22H34BrFO2/c1-20(26)9-10-22(24)12-14(11-20)3-4-15-16-5-6-18(19(25)13-23)21(16,2)8-7-17(15)22/h14-18,26H,3-13H2,1-2H3/t14-,15-,16-,17-,18+,20+,21-,22+/m0/s1. The lowest BCUT2D eigenvalue weighted by atomic mass is 9.54. The maximum Gasteiger partial charge on any atom is 0.147 e. The van der Waals surface area contributed by atoms with Gasteiger partial charge in [-0.3, -0.25) is 4.79 Å². The van der Waals surface area contributed by atoms with Crippen molar-refractivity contribution in [2.45, 2.75) is 89.3 Å². The Labute approximate surface area is 165 Å². The summed E-state index contributed by atoms with van der Waals surface area (Å²) in [6.45, 7) is 4.22. The first-order chi connectivity index (χ1) is 12.2. The number of carbonyl (C=O) groups excluding carboxylic acids is 1. The van der Waals surface area contributed by atoms with Gasteiger partial charge in [0, 0.05) is 5.92 Å². The lowest BCUT2D eigenvalue weighted by Gasteiger charge is -2.51. The Morgan fingerprint density at radius 2 is 1.81 bits per heavy atom. The summed E-state index contributed by atoms with van der Waals surface area (Å²) < 4.78 is 16.3. The molecule has 4 aliphatic rings. The first-order valence-electron chi connectivity index (χ1n) is 10.7. The van der Waals surface area contributed by atoms with Crippen LogP contribution in [0.4, 0.5) is 4.39 Å². The van der Waals surface area contributed by atoms with Crippen molar-refractivity contribution in [3.63, 3.8) is 0 Å². The molecular formula is C22H34BrFO2. The lowest BCUT2D eigenvalue weighted by molar-refractivity contribution is -0.127. The largest absolute Gasteiger partial charge is 0.390 e. The van der Waals surface area contributed by atoms with Crippen LogP contribution in [-0.2, 0) is 4.79 Å². The van der Waals surface area contributed by atoms with E-state index >= 15 is 4.39 Å². The zero-order valence-electron chi connectivity index (χ0n) is 16.3. The fraction of sp³-hybridized carbons (Fsp3) is 0.955. The van der Waals surface area contributed by atoms with Crippen molar-refractivity contribution < 1.29 is 14.3 Å². The molecule has 4 heteroatoms. The maximum absolute atomic E-state index is 16.3. The van der Waals surface area contributed by atoms with Crippen molar-refractivity contribution in [1.82, 2.24) is 0 Å². The normalized spacial score (nSPS) is 54.0. The second-order valence-electron chi connectivity index (χ2n) is 10.5. The zero-order chi connectivity index (χ0) is 18.7. The van der Waals surface area contributed by atoms with Crippen LogP contribution in [0.5, 0.6) is 0 Å². The van der Waals surface area contributed by atoms with Crippen molar-refractivity contribution in [1.29, 1.82) is 0 Å². The molecule has 1 N–H and O–H groups in total. The van der Waals surface area contributed by atoms with E-state index in [2.05, 4.69) is 22.9 Å². The number of halogens is 2. The molecule has 0 aromatic rings. The maximum atomic E-state index is 16.3. The van der Waals surface area contributed by atoms with Gasteiger partial charge < -0.3 is 5.11 Å². The van der Waals surface area contributed by atoms with Gasteiger partial charge in [0.1, 0.15) is 11.5 Å². The molecule has 0 saturated heterocycles. The summed E-state index contributed by atoms with van der Waals surface area (Å²) in [5.74, 6) is 1.90. The number of hydrogen-bond donors (Lipinski definition) is 1. The number of alkyl halides is 2. The van der Waals surface area contributed by atoms with E-state index < -0.39 is 11.3 Å². The predicted molar refractivity (Wildman–Crippen MR) is 105 cm³/mol. The molecule has 0 heterocycles. The van der Waals surface area contributed by atoms with Crippen LogP contribution >= 0.6 is 15.9 Å². The minimum atomic E-state index is -1.11. The molecular weight excluding hydrogens is 395 g/mol. The van der Waals surface area contributed by atoms with E-state index in [1.807, 2.05) is 6.92 Å². The fourth-order valence-electron chi connectivity index (χ4n) is 7.78. The van der Waals surface area contributed by atoms with Crippen LogP contribution in [0.2, 0.25) is 0 Å². The third-order valence-corrected chi connectivity index (χ3v) is 9.52. The Bertz CT molecular complexity index is 578. The summed E-state index contributed by atoms with van der Waals surface area (Å²) in [5.41, 5.74) is -1.73. The van der Waals surface area contributed by atoms with E-state index in [0.29, 0.717) is 48.1 Å². The van der Waals surface area contributed by atoms with Gasteiger partial charge in [0.05, 0.1) is 10.9 Å². The molecule has 0 unspecified atom stereocenters. The molecule has 26 heavy (non-hydrogen) atoms. The van der Waals surface area contributed by atoms with Crippen LogP contribution in [-0.4, -0.2) is 27.5 Å². The van der Waals surface area contributed by atoms with Crippen molar-refractivity contribution in [2.75, 3.05) is 5.33 Å². The second kappa shape index (κ2) is 6.54. The van der Waals surface area contributed by atoms with Crippen LogP contribution in [0.1, 0.15) is 78.1 Å². The summed E-state index contributed by atoms with van der Waals surface area (Å²) in [4.78, 5) is 12.5. The van der Waals surface area contributed by atoms with Crippen molar-refractivity contribution in [3.05, 3.63) is 0 Å². The molecule has 2 bridgehead atoms. The quantitative estimate of drug-likeness (QED) is 0.593. The monoisotopic (exact) mass is 428 g/mol. The van der Waals surface area contributed by atoms with Crippen LogP contribution in [0.25, 0.3) is 0 Å². The summed E-state index contributed by atoms with van der Waals surface area (Å²) in [7, 11) is 0. The Morgan fingerprint density at radius 3 is 2.54 bits per heavy atom. The Morgan fingerprint density at radius 1 is 1.04 bits per heavy atom. The molecule has 2 nitrogen and oxygen atoms in total. The summed E-state index contributed by atoms with van der Waals surface area (Å²) in [6, 6.07) is 0. The highest BCUT2D eigenvalue weighted by atomic mass is 79.9. The number of Topliss-reactive ketones (excluding diaryl/α,β-unsaturated/α-hetero) is 1. The molecule has 4 saturated carbocycles. The van der Waals surface area contributed by atoms with Crippen LogP contribution in [0, 0.1) is 35.0 Å². The van der Waals surface area contributed by atoms with E-state index in [1.54, 1.807) is 0 Å².